The molecule has 0 saturated heterocycles. The highest BCUT2D eigenvalue weighted by molar-refractivity contribution is 6.00. The number of carbonyl (C=O) groups excluding carboxylic acids is 1. The van der Waals surface area contributed by atoms with E-state index in [0.29, 0.717) is 29.0 Å². The lowest BCUT2D eigenvalue weighted by Crippen LogP contribution is -2.01. The first-order chi connectivity index (χ1) is 16.4. The summed E-state index contributed by atoms with van der Waals surface area (Å²) < 4.78 is 6.06. The van der Waals surface area contributed by atoms with Gasteiger partial charge in [-0.05, 0) is 65.9 Å². The summed E-state index contributed by atoms with van der Waals surface area (Å²) in [5.74, 6) is 0.227. The number of aliphatic hydroxyl groups is 1. The topological polar surface area (TPSA) is 79.7 Å². The van der Waals surface area contributed by atoms with Crippen LogP contribution in [-0.4, -0.2) is 21.0 Å². The predicted molar refractivity (Wildman–Crippen MR) is 133 cm³/mol. The van der Waals surface area contributed by atoms with Gasteiger partial charge in [0.2, 0.25) is 0 Å². The fraction of sp³-hybridized carbons (Fsp3) is 0.103. The van der Waals surface area contributed by atoms with Gasteiger partial charge in [-0.25, -0.2) is 0 Å². The van der Waals surface area contributed by atoms with E-state index in [1.165, 1.54) is 6.92 Å². The molecule has 0 fully saturated rings. The van der Waals surface area contributed by atoms with E-state index in [2.05, 4.69) is 11.6 Å². The van der Waals surface area contributed by atoms with Gasteiger partial charge in [0.25, 0.3) is 0 Å². The Morgan fingerprint density at radius 1 is 0.941 bits per heavy atom. The van der Waals surface area contributed by atoms with Crippen LogP contribution in [0.15, 0.2) is 91.8 Å². The number of ketones is 1. The molecule has 0 radical (unpaired) electrons. The van der Waals surface area contributed by atoms with Crippen LogP contribution < -0.4 is 4.74 Å². The summed E-state index contributed by atoms with van der Waals surface area (Å²) in [6.07, 6.45) is 3.99. The number of Topliss-reactive ketones (excluding diaryl/α,β-unsaturated/α-hetero) is 1. The molecule has 0 aliphatic carbocycles. The lowest BCUT2D eigenvalue weighted by atomic mass is 9.99. The first-order valence-electron chi connectivity index (χ1n) is 10.9. The third-order valence-corrected chi connectivity index (χ3v) is 5.57. The molecular formula is C29H25NO4. The molecule has 5 nitrogen and oxygen atoms in total. The highest BCUT2D eigenvalue weighted by Gasteiger charge is 2.18. The second kappa shape index (κ2) is 10.0. The van der Waals surface area contributed by atoms with Gasteiger partial charge in [-0.3, -0.25) is 9.78 Å². The Morgan fingerprint density at radius 2 is 1.65 bits per heavy atom. The maximum absolute atomic E-state index is 11.9. The lowest BCUT2D eigenvalue weighted by molar-refractivity contribution is 0.101. The fourth-order valence-electron chi connectivity index (χ4n) is 3.79. The van der Waals surface area contributed by atoms with Crippen LogP contribution in [0.5, 0.6) is 11.5 Å². The number of pyridine rings is 1. The molecule has 1 aromatic heterocycles. The number of phenolic OH excluding ortho intramolecular Hbond substituents is 1. The third kappa shape index (κ3) is 5.15. The maximum atomic E-state index is 11.9. The minimum absolute atomic E-state index is 0.0582. The zero-order valence-corrected chi connectivity index (χ0v) is 18.9. The van der Waals surface area contributed by atoms with Crippen LogP contribution >= 0.6 is 0 Å². The summed E-state index contributed by atoms with van der Waals surface area (Å²) in [6.45, 7) is 5.30. The number of ether oxygens (including phenoxy) is 1. The summed E-state index contributed by atoms with van der Waals surface area (Å²) in [7, 11) is 0. The zero-order valence-electron chi connectivity index (χ0n) is 18.9. The van der Waals surface area contributed by atoms with Gasteiger partial charge in [0.05, 0.1) is 11.1 Å². The highest BCUT2D eigenvalue weighted by Crippen LogP contribution is 2.40. The first-order valence-corrected chi connectivity index (χ1v) is 10.9. The smallest absolute Gasteiger partial charge is 0.163 e. The number of phenols is 1. The Morgan fingerprint density at radius 3 is 2.32 bits per heavy atom. The van der Waals surface area contributed by atoms with Crippen LogP contribution in [-0.2, 0) is 13.0 Å². The Kier molecular flexibility index (Phi) is 6.74. The normalized spacial score (nSPS) is 10.6. The van der Waals surface area contributed by atoms with Gasteiger partial charge in [0, 0.05) is 18.0 Å². The predicted octanol–water partition coefficient (Wildman–Crippen LogP) is 6.36. The zero-order chi connectivity index (χ0) is 24.1. The number of aromatic nitrogens is 1. The number of hydrogen-bond donors (Lipinski definition) is 2. The fourth-order valence-corrected chi connectivity index (χ4v) is 3.79. The van der Waals surface area contributed by atoms with Crippen molar-refractivity contribution >= 4 is 11.5 Å². The van der Waals surface area contributed by atoms with Gasteiger partial charge in [0.1, 0.15) is 23.9 Å². The molecule has 0 atom stereocenters. The van der Waals surface area contributed by atoms with Crippen molar-refractivity contribution in [2.75, 3.05) is 0 Å². The number of hydrogen-bond acceptors (Lipinski definition) is 5. The van der Waals surface area contributed by atoms with E-state index in [-0.39, 0.29) is 22.9 Å². The van der Waals surface area contributed by atoms with Crippen molar-refractivity contribution in [1.82, 2.24) is 4.98 Å². The number of benzene rings is 3. The molecule has 0 spiro atoms. The highest BCUT2D eigenvalue weighted by atomic mass is 16.5. The largest absolute Gasteiger partial charge is 0.508 e. The number of aromatic hydroxyl groups is 1. The molecule has 3 aromatic carbocycles. The molecule has 1 heterocycles. The van der Waals surface area contributed by atoms with Gasteiger partial charge in [-0.2, -0.15) is 0 Å². The number of carbonyl (C=O) groups is 1. The second-order valence-corrected chi connectivity index (χ2v) is 8.06. The summed E-state index contributed by atoms with van der Waals surface area (Å²) in [6, 6.07) is 22.6. The minimum Gasteiger partial charge on any atom is -0.508 e. The molecule has 170 valence electrons. The molecule has 5 heteroatoms. The lowest BCUT2D eigenvalue weighted by Gasteiger charge is -2.15. The Labute approximate surface area is 198 Å². The van der Waals surface area contributed by atoms with E-state index in [0.717, 1.165) is 23.1 Å². The van der Waals surface area contributed by atoms with Crippen molar-refractivity contribution in [1.29, 1.82) is 0 Å². The monoisotopic (exact) mass is 451 g/mol. The van der Waals surface area contributed by atoms with Gasteiger partial charge in [0.15, 0.2) is 5.78 Å². The minimum atomic E-state index is -0.219. The standard InChI is InChI=1S/C29H25NO4/c1-19(31)25-5-3-4-23(17-25)16-21-6-8-22(9-7-21)18-34-27-11-10-26(20(2)32)29(33)28(27)24-12-14-30-15-13-24/h3-15,17,31,33H,1,16,18H2,2H3. The molecule has 2 N–H and O–H groups in total. The average Bonchev–Trinajstić information content (AvgIpc) is 2.84. The Hall–Kier alpha value is -4.38. The Bertz CT molecular complexity index is 1330. The molecule has 4 rings (SSSR count). The summed E-state index contributed by atoms with van der Waals surface area (Å²) in [5.41, 5.74) is 5.33. The molecule has 0 saturated carbocycles. The average molecular weight is 452 g/mol. The van der Waals surface area contributed by atoms with Crippen LogP contribution in [0.25, 0.3) is 16.9 Å². The number of rotatable bonds is 8. The second-order valence-electron chi connectivity index (χ2n) is 8.06. The van der Waals surface area contributed by atoms with Gasteiger partial charge < -0.3 is 14.9 Å². The van der Waals surface area contributed by atoms with Crippen LogP contribution in [0, 0.1) is 0 Å². The van der Waals surface area contributed by atoms with E-state index in [1.54, 1.807) is 36.7 Å². The van der Waals surface area contributed by atoms with Crippen LogP contribution in [0.4, 0.5) is 0 Å². The quantitative estimate of drug-likeness (QED) is 0.241. The van der Waals surface area contributed by atoms with E-state index in [1.807, 2.05) is 48.5 Å². The van der Waals surface area contributed by atoms with E-state index >= 15 is 0 Å². The Balaban J connectivity index is 1.52. The van der Waals surface area contributed by atoms with Gasteiger partial charge >= 0.3 is 0 Å². The SMILES string of the molecule is C=C(O)c1cccc(Cc2ccc(COc3ccc(C(C)=O)c(O)c3-c3ccncc3)cc2)c1. The van der Waals surface area contributed by atoms with E-state index in [9.17, 15) is 15.0 Å². The molecular weight excluding hydrogens is 426 g/mol. The van der Waals surface area contributed by atoms with Crippen molar-refractivity contribution in [3.8, 4) is 22.6 Å². The molecule has 0 aliphatic heterocycles. The van der Waals surface area contributed by atoms with Gasteiger partial charge in [-0.15, -0.1) is 0 Å². The summed E-state index contributed by atoms with van der Waals surface area (Å²) >= 11 is 0. The van der Waals surface area contributed by atoms with Crippen molar-refractivity contribution in [2.45, 2.75) is 20.0 Å². The maximum Gasteiger partial charge on any atom is 0.163 e. The van der Waals surface area contributed by atoms with Crippen molar-refractivity contribution < 1.29 is 19.7 Å². The molecule has 0 unspecified atom stereocenters. The molecule has 4 aromatic rings. The number of nitrogens with zero attached hydrogens (tertiary/aromatic N) is 1. The van der Waals surface area contributed by atoms with E-state index < -0.39 is 0 Å². The van der Waals surface area contributed by atoms with Crippen LogP contribution in [0.2, 0.25) is 0 Å². The third-order valence-electron chi connectivity index (χ3n) is 5.57. The molecule has 34 heavy (non-hydrogen) atoms. The summed E-state index contributed by atoms with van der Waals surface area (Å²) in [5, 5.41) is 20.4. The van der Waals surface area contributed by atoms with Crippen LogP contribution in [0.1, 0.15) is 39.5 Å². The first kappa shape index (κ1) is 22.8. The van der Waals surface area contributed by atoms with Crippen molar-refractivity contribution in [2.24, 2.45) is 0 Å². The summed E-state index contributed by atoms with van der Waals surface area (Å²) in [4.78, 5) is 16.0. The molecule has 0 aliphatic rings. The number of aliphatic hydroxyl groups excluding tert-OH is 1. The van der Waals surface area contributed by atoms with Crippen LogP contribution in [0.3, 0.4) is 0 Å². The van der Waals surface area contributed by atoms with Crippen molar-refractivity contribution in [3.05, 3.63) is 120 Å². The molecule has 0 bridgehead atoms. The molecule has 0 amide bonds. The van der Waals surface area contributed by atoms with Crippen molar-refractivity contribution in [3.63, 3.8) is 0 Å². The van der Waals surface area contributed by atoms with E-state index in [4.69, 9.17) is 4.74 Å². The van der Waals surface area contributed by atoms with Gasteiger partial charge in [-0.1, -0.05) is 49.0 Å².